The Labute approximate surface area is 66.0 Å². The van der Waals surface area contributed by atoms with Crippen LogP contribution in [0.15, 0.2) is 35.3 Å². The Morgan fingerprint density at radius 2 is 2.50 bits per heavy atom. The number of rotatable bonds is 1. The third kappa shape index (κ3) is 1.52. The number of nitrogens with one attached hydrogen (secondary N) is 1. The summed E-state index contributed by atoms with van der Waals surface area (Å²) in [5.41, 5.74) is 1.34. The van der Waals surface area contributed by atoms with Crippen molar-refractivity contribution in [3.05, 3.63) is 35.3 Å². The summed E-state index contributed by atoms with van der Waals surface area (Å²) < 4.78 is 3.19. The molecule has 0 saturated carbocycles. The van der Waals surface area contributed by atoms with E-state index in [-0.39, 0.29) is 0 Å². The van der Waals surface area contributed by atoms with Crippen molar-refractivity contribution in [3.63, 3.8) is 0 Å². The van der Waals surface area contributed by atoms with Crippen molar-refractivity contribution < 1.29 is 0 Å². The standard InChI is InChI=1S/C8H11NS/c1-3-5-7-6-9-10-8(7)4-2/h3-5,9H,1,6H2,2H3/b7-5-,8-4+. The minimum atomic E-state index is 0.955. The zero-order chi connectivity index (χ0) is 7.40. The second kappa shape index (κ2) is 3.64. The highest BCUT2D eigenvalue weighted by Gasteiger charge is 2.10. The zero-order valence-corrected chi connectivity index (χ0v) is 6.87. The summed E-state index contributed by atoms with van der Waals surface area (Å²) in [5.74, 6) is 0. The van der Waals surface area contributed by atoms with E-state index < -0.39 is 0 Å². The molecule has 1 aliphatic rings. The van der Waals surface area contributed by atoms with Crippen molar-refractivity contribution in [2.75, 3.05) is 6.54 Å². The van der Waals surface area contributed by atoms with Crippen LogP contribution in [0.3, 0.4) is 0 Å². The highest BCUT2D eigenvalue weighted by molar-refractivity contribution is 8.01. The normalized spacial score (nSPS) is 26.1. The van der Waals surface area contributed by atoms with Gasteiger partial charge in [0, 0.05) is 11.4 Å². The molecule has 0 aliphatic carbocycles. The summed E-state index contributed by atoms with van der Waals surface area (Å²) in [6, 6.07) is 0. The molecule has 0 aromatic heterocycles. The molecule has 0 radical (unpaired) electrons. The van der Waals surface area contributed by atoms with Gasteiger partial charge >= 0.3 is 0 Å². The fourth-order valence-corrected chi connectivity index (χ4v) is 1.64. The topological polar surface area (TPSA) is 12.0 Å². The van der Waals surface area contributed by atoms with Crippen LogP contribution in [0.5, 0.6) is 0 Å². The molecule has 54 valence electrons. The highest BCUT2D eigenvalue weighted by Crippen LogP contribution is 2.27. The molecule has 1 rings (SSSR count). The predicted molar refractivity (Wildman–Crippen MR) is 47.6 cm³/mol. The van der Waals surface area contributed by atoms with E-state index in [1.165, 1.54) is 10.5 Å². The Bertz CT molecular complexity index is 191. The van der Waals surface area contributed by atoms with Gasteiger partial charge < -0.3 is 0 Å². The molecular weight excluding hydrogens is 142 g/mol. The molecule has 1 aliphatic heterocycles. The van der Waals surface area contributed by atoms with E-state index in [9.17, 15) is 0 Å². The van der Waals surface area contributed by atoms with E-state index in [0.29, 0.717) is 0 Å². The average molecular weight is 153 g/mol. The van der Waals surface area contributed by atoms with Crippen molar-refractivity contribution in [1.29, 1.82) is 0 Å². The molecular formula is C8H11NS. The molecule has 0 aromatic rings. The SMILES string of the molecule is C=C/C=C1/CNS/C1=C/C. The van der Waals surface area contributed by atoms with Gasteiger partial charge in [-0.3, -0.25) is 4.72 Å². The predicted octanol–water partition coefficient (Wildman–Crippen LogP) is 2.25. The second-order valence-electron chi connectivity index (χ2n) is 2.00. The summed E-state index contributed by atoms with van der Waals surface area (Å²) in [6.07, 6.45) is 5.98. The monoisotopic (exact) mass is 153 g/mol. The van der Waals surface area contributed by atoms with Crippen molar-refractivity contribution >= 4 is 11.9 Å². The molecule has 1 heterocycles. The molecule has 1 saturated heterocycles. The lowest BCUT2D eigenvalue weighted by molar-refractivity contribution is 1.12. The first-order valence-corrected chi connectivity index (χ1v) is 4.08. The maximum absolute atomic E-state index is 3.65. The van der Waals surface area contributed by atoms with Crippen LogP contribution in [0.4, 0.5) is 0 Å². The summed E-state index contributed by atoms with van der Waals surface area (Å²) >= 11 is 1.69. The van der Waals surface area contributed by atoms with Gasteiger partial charge in [0.05, 0.1) is 0 Å². The van der Waals surface area contributed by atoms with Gasteiger partial charge in [0.1, 0.15) is 0 Å². The van der Waals surface area contributed by atoms with Crippen LogP contribution in [-0.2, 0) is 0 Å². The molecule has 0 atom stereocenters. The molecule has 0 spiro atoms. The van der Waals surface area contributed by atoms with Crippen molar-refractivity contribution in [2.45, 2.75) is 6.92 Å². The van der Waals surface area contributed by atoms with Crippen molar-refractivity contribution in [2.24, 2.45) is 0 Å². The van der Waals surface area contributed by atoms with Crippen molar-refractivity contribution in [3.8, 4) is 0 Å². The van der Waals surface area contributed by atoms with Crippen LogP contribution in [-0.4, -0.2) is 6.54 Å². The Hall–Kier alpha value is -0.470. The second-order valence-corrected chi connectivity index (χ2v) is 2.94. The maximum Gasteiger partial charge on any atom is 0.0324 e. The fourth-order valence-electron chi connectivity index (χ4n) is 0.872. The van der Waals surface area contributed by atoms with Gasteiger partial charge in [-0.1, -0.05) is 24.8 Å². The van der Waals surface area contributed by atoms with E-state index in [1.807, 2.05) is 19.1 Å². The van der Waals surface area contributed by atoms with E-state index >= 15 is 0 Å². The lowest BCUT2D eigenvalue weighted by atomic mass is 10.2. The van der Waals surface area contributed by atoms with Crippen LogP contribution >= 0.6 is 11.9 Å². The number of hydrogen-bond donors (Lipinski definition) is 1. The number of allylic oxidation sites excluding steroid dienone is 3. The van der Waals surface area contributed by atoms with Crippen LogP contribution in [0.2, 0.25) is 0 Å². The first kappa shape index (κ1) is 7.63. The van der Waals surface area contributed by atoms with Gasteiger partial charge in [0.25, 0.3) is 0 Å². The quantitative estimate of drug-likeness (QED) is 0.580. The zero-order valence-electron chi connectivity index (χ0n) is 6.05. The lowest BCUT2D eigenvalue weighted by Crippen LogP contribution is -1.95. The van der Waals surface area contributed by atoms with E-state index in [1.54, 1.807) is 11.9 Å². The Morgan fingerprint density at radius 3 is 3.10 bits per heavy atom. The molecule has 0 amide bonds. The average Bonchev–Trinajstić information content (AvgIpc) is 2.36. The van der Waals surface area contributed by atoms with Crippen LogP contribution in [0.1, 0.15) is 6.92 Å². The Morgan fingerprint density at radius 1 is 1.70 bits per heavy atom. The molecule has 0 bridgehead atoms. The van der Waals surface area contributed by atoms with E-state index in [0.717, 1.165) is 6.54 Å². The Balaban J connectivity index is 2.77. The maximum atomic E-state index is 3.65. The minimum absolute atomic E-state index is 0.955. The first-order chi connectivity index (χ1) is 4.88. The molecule has 0 aromatic carbocycles. The van der Waals surface area contributed by atoms with Gasteiger partial charge in [-0.25, -0.2) is 0 Å². The van der Waals surface area contributed by atoms with Gasteiger partial charge in [0.2, 0.25) is 0 Å². The third-order valence-corrected chi connectivity index (χ3v) is 2.35. The molecule has 1 fully saturated rings. The third-order valence-electron chi connectivity index (χ3n) is 1.34. The largest absolute Gasteiger partial charge is 0.255 e. The van der Waals surface area contributed by atoms with Crippen LogP contribution in [0, 0.1) is 0 Å². The first-order valence-electron chi connectivity index (χ1n) is 3.26. The summed E-state index contributed by atoms with van der Waals surface area (Å²) in [6.45, 7) is 6.65. The van der Waals surface area contributed by atoms with Gasteiger partial charge in [-0.2, -0.15) is 0 Å². The summed E-state index contributed by atoms with van der Waals surface area (Å²) in [4.78, 5) is 1.32. The Kier molecular flexibility index (Phi) is 2.78. The van der Waals surface area contributed by atoms with Gasteiger partial charge in [0.15, 0.2) is 0 Å². The fraction of sp³-hybridized carbons (Fsp3) is 0.250. The van der Waals surface area contributed by atoms with Gasteiger partial charge in [-0.15, -0.1) is 0 Å². The van der Waals surface area contributed by atoms with Gasteiger partial charge in [-0.05, 0) is 24.4 Å². The smallest absolute Gasteiger partial charge is 0.0324 e. The van der Waals surface area contributed by atoms with E-state index in [4.69, 9.17) is 0 Å². The number of hydrogen-bond acceptors (Lipinski definition) is 2. The van der Waals surface area contributed by atoms with Crippen molar-refractivity contribution in [1.82, 2.24) is 4.72 Å². The molecule has 1 nitrogen and oxygen atoms in total. The summed E-state index contributed by atoms with van der Waals surface area (Å²) in [5, 5.41) is 0. The highest BCUT2D eigenvalue weighted by atomic mass is 32.2. The molecule has 0 unspecified atom stereocenters. The minimum Gasteiger partial charge on any atom is -0.255 e. The lowest BCUT2D eigenvalue weighted by Gasteiger charge is -1.92. The van der Waals surface area contributed by atoms with Crippen LogP contribution in [0.25, 0.3) is 0 Å². The molecule has 10 heavy (non-hydrogen) atoms. The van der Waals surface area contributed by atoms with Crippen LogP contribution < -0.4 is 4.72 Å². The molecule has 1 N–H and O–H groups in total. The van der Waals surface area contributed by atoms with E-state index in [2.05, 4.69) is 17.4 Å². The molecule has 2 heteroatoms. The summed E-state index contributed by atoms with van der Waals surface area (Å²) in [7, 11) is 0.